The molecule has 31 heavy (non-hydrogen) atoms. The number of rotatable bonds is 2. The average Bonchev–Trinajstić information content (AvgIpc) is 3.33. The summed E-state index contributed by atoms with van der Waals surface area (Å²) in [7, 11) is 0. The summed E-state index contributed by atoms with van der Waals surface area (Å²) >= 11 is 1.38. The fourth-order valence-corrected chi connectivity index (χ4v) is 5.20. The Hall–Kier alpha value is -3.13. The number of amidine groups is 3. The van der Waals surface area contributed by atoms with Crippen LogP contribution in [-0.2, 0) is 4.79 Å². The van der Waals surface area contributed by atoms with Crippen molar-refractivity contribution >= 4 is 39.9 Å². The van der Waals surface area contributed by atoms with Crippen molar-refractivity contribution in [1.82, 2.24) is 14.5 Å². The van der Waals surface area contributed by atoms with Gasteiger partial charge in [-0.1, -0.05) is 18.2 Å². The molecule has 3 aliphatic heterocycles. The second-order valence-corrected chi connectivity index (χ2v) is 8.88. The zero-order chi connectivity index (χ0) is 21.5. The molecule has 4 heterocycles. The summed E-state index contributed by atoms with van der Waals surface area (Å²) < 4.78 is 2.15. The van der Waals surface area contributed by atoms with E-state index < -0.39 is 0 Å². The summed E-state index contributed by atoms with van der Waals surface area (Å²) in [5.74, 6) is -0.303. The Morgan fingerprint density at radius 2 is 1.81 bits per heavy atom. The Bertz CT molecular complexity index is 1150. The third-order valence-corrected chi connectivity index (χ3v) is 6.82. The molecule has 0 bridgehead atoms. The van der Waals surface area contributed by atoms with E-state index in [0.29, 0.717) is 5.17 Å². The number of hydrazone groups is 1. The molecule has 0 aliphatic carbocycles. The van der Waals surface area contributed by atoms with Crippen LogP contribution in [-0.4, -0.2) is 49.6 Å². The van der Waals surface area contributed by atoms with E-state index in [9.17, 15) is 4.79 Å². The zero-order valence-electron chi connectivity index (χ0n) is 17.6. The number of aryl methyl sites for hydroxylation is 1. The number of amides is 1. The first kappa shape index (κ1) is 19.8. The molecule has 1 fully saturated rings. The van der Waals surface area contributed by atoms with Gasteiger partial charge in [-0.15, -0.1) is 5.10 Å². The largest absolute Gasteiger partial charge is 0.349 e. The van der Waals surface area contributed by atoms with Crippen LogP contribution in [0.3, 0.4) is 0 Å². The van der Waals surface area contributed by atoms with Crippen molar-refractivity contribution in [2.45, 2.75) is 33.1 Å². The molecule has 0 saturated carbocycles. The van der Waals surface area contributed by atoms with E-state index in [1.165, 1.54) is 23.2 Å². The molecule has 1 saturated heterocycles. The molecule has 3 aliphatic rings. The van der Waals surface area contributed by atoms with Gasteiger partial charge in [0, 0.05) is 30.2 Å². The first-order valence-corrected chi connectivity index (χ1v) is 11.3. The summed E-state index contributed by atoms with van der Waals surface area (Å²) in [6, 6.07) is 12.2. The fourth-order valence-electron chi connectivity index (χ4n) is 4.26. The van der Waals surface area contributed by atoms with E-state index in [4.69, 9.17) is 5.41 Å². The lowest BCUT2D eigenvalue weighted by molar-refractivity contribution is -0.114. The molecule has 8 heteroatoms. The van der Waals surface area contributed by atoms with Crippen LogP contribution in [0.5, 0.6) is 0 Å². The third-order valence-electron chi connectivity index (χ3n) is 5.85. The van der Waals surface area contributed by atoms with Crippen LogP contribution in [0, 0.1) is 19.3 Å². The molecule has 1 N–H and O–H groups in total. The lowest BCUT2D eigenvalue weighted by atomic mass is 10.1. The van der Waals surface area contributed by atoms with Gasteiger partial charge in [0.25, 0.3) is 5.91 Å². The minimum absolute atomic E-state index is 0.0824. The summed E-state index contributed by atoms with van der Waals surface area (Å²) in [5.41, 5.74) is 4.32. The number of benzene rings is 1. The maximum absolute atomic E-state index is 12.8. The van der Waals surface area contributed by atoms with Gasteiger partial charge in [0.1, 0.15) is 0 Å². The number of nitrogens with zero attached hydrogens (tertiary/aromatic N) is 5. The molecular formula is C23H24N6OS. The van der Waals surface area contributed by atoms with Crippen molar-refractivity contribution in [1.29, 1.82) is 5.41 Å². The number of hydrogen-bond acceptors (Lipinski definition) is 5. The van der Waals surface area contributed by atoms with Gasteiger partial charge in [-0.3, -0.25) is 10.2 Å². The molecule has 7 nitrogen and oxygen atoms in total. The molecule has 0 spiro atoms. The lowest BCUT2D eigenvalue weighted by Gasteiger charge is -2.26. The number of hydrogen-bond donors (Lipinski definition) is 1. The van der Waals surface area contributed by atoms with Crippen LogP contribution < -0.4 is 0 Å². The monoisotopic (exact) mass is 432 g/mol. The quantitative estimate of drug-likeness (QED) is 0.723. The maximum atomic E-state index is 12.8. The van der Waals surface area contributed by atoms with E-state index in [2.05, 4.69) is 31.7 Å². The molecule has 0 unspecified atom stereocenters. The first-order chi connectivity index (χ1) is 15.0. The Morgan fingerprint density at radius 1 is 1.06 bits per heavy atom. The molecule has 1 amide bonds. The van der Waals surface area contributed by atoms with Gasteiger partial charge in [0.05, 0.1) is 5.57 Å². The van der Waals surface area contributed by atoms with Gasteiger partial charge in [-0.25, -0.2) is 0 Å². The minimum atomic E-state index is -0.386. The Labute approximate surface area is 185 Å². The molecule has 5 rings (SSSR count). The van der Waals surface area contributed by atoms with Gasteiger partial charge in [0.2, 0.25) is 5.17 Å². The van der Waals surface area contributed by atoms with Gasteiger partial charge in [-0.05, 0) is 74.7 Å². The summed E-state index contributed by atoms with van der Waals surface area (Å²) in [6.45, 7) is 5.99. The first-order valence-electron chi connectivity index (χ1n) is 10.5. The number of nitrogens with one attached hydrogen (secondary N) is 1. The molecule has 1 aromatic carbocycles. The highest BCUT2D eigenvalue weighted by Gasteiger charge is 2.37. The molecule has 1 aromatic heterocycles. The predicted octanol–water partition coefficient (Wildman–Crippen LogP) is 4.16. The number of thioether (sulfide) groups is 1. The number of fused-ring (bicyclic) bond motifs is 1. The van der Waals surface area contributed by atoms with Crippen LogP contribution in [0.15, 0.2) is 52.1 Å². The number of piperidine rings is 1. The Kier molecular flexibility index (Phi) is 5.02. The molecule has 2 aromatic rings. The zero-order valence-corrected chi connectivity index (χ0v) is 18.4. The average molecular weight is 433 g/mol. The number of aromatic nitrogens is 1. The van der Waals surface area contributed by atoms with E-state index >= 15 is 0 Å². The Morgan fingerprint density at radius 3 is 2.55 bits per heavy atom. The SMILES string of the molecule is Cc1cc(/C=C2\C(=N)N3N=C(N4CCCCC4)SC3=NC2=O)c(C)n1-c1ccccc1. The normalized spacial score (nSPS) is 20.3. The van der Waals surface area contributed by atoms with Gasteiger partial charge < -0.3 is 9.47 Å². The highest BCUT2D eigenvalue weighted by Crippen LogP contribution is 2.31. The topological polar surface area (TPSA) is 77.1 Å². The van der Waals surface area contributed by atoms with Crippen LogP contribution in [0.25, 0.3) is 11.8 Å². The lowest BCUT2D eigenvalue weighted by Crippen LogP contribution is -2.35. The predicted molar refractivity (Wildman–Crippen MR) is 126 cm³/mol. The van der Waals surface area contributed by atoms with Crippen LogP contribution in [0.1, 0.15) is 36.2 Å². The second-order valence-electron chi connectivity index (χ2n) is 7.95. The number of carbonyl (C=O) groups is 1. The van der Waals surface area contributed by atoms with Gasteiger partial charge in [-0.2, -0.15) is 10.0 Å². The van der Waals surface area contributed by atoms with E-state index in [1.807, 2.05) is 38.1 Å². The maximum Gasteiger partial charge on any atom is 0.283 e. The van der Waals surface area contributed by atoms with Crippen molar-refractivity contribution in [2.24, 2.45) is 10.1 Å². The van der Waals surface area contributed by atoms with Crippen LogP contribution in [0.2, 0.25) is 0 Å². The minimum Gasteiger partial charge on any atom is -0.349 e. The number of aliphatic imine (C=N–C) groups is 1. The van der Waals surface area contributed by atoms with Crippen LogP contribution in [0.4, 0.5) is 0 Å². The van der Waals surface area contributed by atoms with Crippen molar-refractivity contribution in [3.63, 3.8) is 0 Å². The van der Waals surface area contributed by atoms with Crippen molar-refractivity contribution in [3.8, 4) is 5.69 Å². The number of likely N-dealkylation sites (tertiary alicyclic amines) is 1. The fraction of sp³-hybridized carbons (Fsp3) is 0.304. The second kappa shape index (κ2) is 7.85. The van der Waals surface area contributed by atoms with Crippen molar-refractivity contribution in [3.05, 3.63) is 58.9 Å². The summed E-state index contributed by atoms with van der Waals surface area (Å²) in [4.78, 5) is 19.3. The van der Waals surface area contributed by atoms with E-state index in [-0.39, 0.29) is 17.3 Å². The van der Waals surface area contributed by atoms with Crippen molar-refractivity contribution in [2.75, 3.05) is 13.1 Å². The van der Waals surface area contributed by atoms with Gasteiger partial charge >= 0.3 is 0 Å². The van der Waals surface area contributed by atoms with Crippen molar-refractivity contribution < 1.29 is 4.79 Å². The molecule has 158 valence electrons. The standard InChI is InChI=1S/C23H24N6OS/c1-15-13-17(16(2)28(15)18-9-5-3-6-10-18)14-19-20(24)29-22(25-21(19)30)31-23(26-29)27-11-7-4-8-12-27/h3,5-6,9-10,13-14,24H,4,7-8,11-12H2,1-2H3/b19-14+,24-20?. The molecular weight excluding hydrogens is 408 g/mol. The summed E-state index contributed by atoms with van der Waals surface area (Å²) in [5, 5.41) is 16.1. The number of para-hydroxylation sites is 1. The highest BCUT2D eigenvalue weighted by atomic mass is 32.2. The molecule has 0 atom stereocenters. The van der Waals surface area contributed by atoms with Gasteiger partial charge in [0.15, 0.2) is 11.0 Å². The number of carbonyl (C=O) groups excluding carboxylic acids is 1. The van der Waals surface area contributed by atoms with E-state index in [1.54, 1.807) is 6.08 Å². The van der Waals surface area contributed by atoms with Crippen LogP contribution >= 0.6 is 11.8 Å². The summed E-state index contributed by atoms with van der Waals surface area (Å²) in [6.07, 6.45) is 5.29. The smallest absolute Gasteiger partial charge is 0.283 e. The third kappa shape index (κ3) is 3.50. The Balaban J connectivity index is 1.48. The highest BCUT2D eigenvalue weighted by molar-refractivity contribution is 8.26. The molecule has 0 radical (unpaired) electrons. The van der Waals surface area contributed by atoms with E-state index in [0.717, 1.165) is 53.7 Å².